The number of thiophene rings is 1. The fourth-order valence-electron chi connectivity index (χ4n) is 1.57. The van der Waals surface area contributed by atoms with Crippen LogP contribution in [0.3, 0.4) is 0 Å². The summed E-state index contributed by atoms with van der Waals surface area (Å²) < 4.78 is 0. The Morgan fingerprint density at radius 3 is 2.93 bits per heavy atom. The topological polar surface area (TPSA) is 39.1 Å². The maximum absolute atomic E-state index is 9.13. The number of hydrogen-bond donors (Lipinski definition) is 1. The molecule has 1 aliphatic heterocycles. The number of hydrogen-bond acceptors (Lipinski definition) is 4. The minimum atomic E-state index is -0.0814. The Morgan fingerprint density at radius 1 is 1.71 bits per heavy atom. The fourth-order valence-corrected chi connectivity index (χ4v) is 2.39. The molecule has 2 heterocycles. The number of likely N-dealkylation sites (N-methyl/N-ethyl adjacent to an activating group) is 1. The van der Waals surface area contributed by atoms with Crippen LogP contribution in [0.1, 0.15) is 10.9 Å². The molecule has 1 aromatic rings. The second-order valence-corrected chi connectivity index (χ2v) is 4.50. The van der Waals surface area contributed by atoms with Gasteiger partial charge in [0.25, 0.3) is 0 Å². The van der Waals surface area contributed by atoms with Crippen LogP contribution in [0.5, 0.6) is 0 Å². The van der Waals surface area contributed by atoms with Crippen molar-refractivity contribution in [2.75, 3.05) is 20.1 Å². The van der Waals surface area contributed by atoms with Gasteiger partial charge in [-0.05, 0) is 18.5 Å². The first-order valence-electron chi connectivity index (χ1n) is 4.68. The smallest absolute Gasteiger partial charge is 0.133 e. The largest absolute Gasteiger partial charge is 0.314 e. The molecule has 1 saturated heterocycles. The molecule has 4 heteroatoms. The average Bonchev–Trinajstić information content (AvgIpc) is 2.55. The highest BCUT2D eigenvalue weighted by molar-refractivity contribution is 7.10. The van der Waals surface area contributed by atoms with E-state index in [2.05, 4.69) is 16.3 Å². The van der Waals surface area contributed by atoms with Crippen LogP contribution in [-0.2, 0) is 0 Å². The molecule has 3 nitrogen and oxygen atoms in total. The Labute approximate surface area is 88.0 Å². The molecule has 0 spiro atoms. The summed E-state index contributed by atoms with van der Waals surface area (Å²) in [5.74, 6) is 0. The lowest BCUT2D eigenvalue weighted by Crippen LogP contribution is -2.56. The summed E-state index contributed by atoms with van der Waals surface area (Å²) in [5, 5.41) is 14.4. The van der Waals surface area contributed by atoms with Gasteiger partial charge in [-0.25, -0.2) is 0 Å². The maximum Gasteiger partial charge on any atom is 0.133 e. The highest BCUT2D eigenvalue weighted by Crippen LogP contribution is 2.25. The predicted molar refractivity (Wildman–Crippen MR) is 57.1 cm³/mol. The second-order valence-electron chi connectivity index (χ2n) is 3.52. The first kappa shape index (κ1) is 9.66. The molecule has 1 fully saturated rings. The van der Waals surface area contributed by atoms with Crippen molar-refractivity contribution in [1.29, 1.82) is 5.26 Å². The zero-order chi connectivity index (χ0) is 9.97. The summed E-state index contributed by atoms with van der Waals surface area (Å²) in [4.78, 5) is 3.30. The van der Waals surface area contributed by atoms with Crippen molar-refractivity contribution in [3.63, 3.8) is 0 Å². The summed E-state index contributed by atoms with van der Waals surface area (Å²) in [6.07, 6.45) is 0. The van der Waals surface area contributed by atoms with Gasteiger partial charge in [-0.2, -0.15) is 5.26 Å². The highest BCUT2D eigenvalue weighted by atomic mass is 32.1. The molecule has 1 N–H and O–H groups in total. The number of nitriles is 1. The molecule has 74 valence electrons. The Kier molecular flexibility index (Phi) is 2.82. The van der Waals surface area contributed by atoms with Crippen LogP contribution in [0.4, 0.5) is 0 Å². The van der Waals surface area contributed by atoms with Gasteiger partial charge in [-0.3, -0.25) is 4.90 Å². The summed E-state index contributed by atoms with van der Waals surface area (Å²) in [6, 6.07) is 6.82. The molecule has 0 aliphatic carbocycles. The van der Waals surface area contributed by atoms with Crippen molar-refractivity contribution in [2.24, 2.45) is 0 Å². The van der Waals surface area contributed by atoms with Gasteiger partial charge in [-0.1, -0.05) is 6.07 Å². The van der Waals surface area contributed by atoms with E-state index in [0.717, 1.165) is 18.0 Å². The molecule has 0 saturated carbocycles. The van der Waals surface area contributed by atoms with Crippen molar-refractivity contribution >= 4 is 11.3 Å². The minimum absolute atomic E-state index is 0.0814. The van der Waals surface area contributed by atoms with E-state index in [4.69, 9.17) is 5.26 Å². The van der Waals surface area contributed by atoms with E-state index in [-0.39, 0.29) is 6.04 Å². The molecule has 0 bridgehead atoms. The van der Waals surface area contributed by atoms with Gasteiger partial charge < -0.3 is 5.32 Å². The number of rotatable bonds is 3. The van der Waals surface area contributed by atoms with Crippen LogP contribution in [-0.4, -0.2) is 31.1 Å². The van der Waals surface area contributed by atoms with Gasteiger partial charge in [0.2, 0.25) is 0 Å². The molecule has 14 heavy (non-hydrogen) atoms. The van der Waals surface area contributed by atoms with Crippen LogP contribution in [0.15, 0.2) is 17.5 Å². The van der Waals surface area contributed by atoms with Crippen LogP contribution in [0.25, 0.3) is 0 Å². The lowest BCUT2D eigenvalue weighted by Gasteiger charge is -2.37. The van der Waals surface area contributed by atoms with Gasteiger partial charge in [0.15, 0.2) is 0 Å². The van der Waals surface area contributed by atoms with Crippen LogP contribution < -0.4 is 5.32 Å². The standard InChI is InChI=1S/C10H13N3S/c1-13(8-6-12-7-8)9(5-11)10-3-2-4-14-10/h2-4,8-9,12H,6-7H2,1H3/t9-/m0/s1. The van der Waals surface area contributed by atoms with E-state index in [9.17, 15) is 0 Å². The van der Waals surface area contributed by atoms with Crippen molar-refractivity contribution in [1.82, 2.24) is 10.2 Å². The third kappa shape index (κ3) is 1.67. The fraction of sp³-hybridized carbons (Fsp3) is 0.500. The monoisotopic (exact) mass is 207 g/mol. The van der Waals surface area contributed by atoms with E-state index >= 15 is 0 Å². The van der Waals surface area contributed by atoms with E-state index in [0.29, 0.717) is 6.04 Å². The summed E-state index contributed by atoms with van der Waals surface area (Å²) in [5.41, 5.74) is 0. The average molecular weight is 207 g/mol. The molecule has 2 rings (SSSR count). The predicted octanol–water partition coefficient (Wildman–Crippen LogP) is 1.22. The van der Waals surface area contributed by atoms with Crippen LogP contribution in [0.2, 0.25) is 0 Å². The number of nitrogens with one attached hydrogen (secondary N) is 1. The molecular formula is C10H13N3S. The second kappa shape index (κ2) is 4.09. The van der Waals surface area contributed by atoms with Crippen LogP contribution in [0, 0.1) is 11.3 Å². The molecule has 0 radical (unpaired) electrons. The Morgan fingerprint density at radius 2 is 2.50 bits per heavy atom. The van der Waals surface area contributed by atoms with Crippen LogP contribution >= 0.6 is 11.3 Å². The van der Waals surface area contributed by atoms with Gasteiger partial charge >= 0.3 is 0 Å². The quantitative estimate of drug-likeness (QED) is 0.810. The summed E-state index contributed by atoms with van der Waals surface area (Å²) in [6.45, 7) is 2.00. The maximum atomic E-state index is 9.13. The first-order valence-corrected chi connectivity index (χ1v) is 5.56. The third-order valence-electron chi connectivity index (χ3n) is 2.68. The Bertz CT molecular complexity index is 324. The van der Waals surface area contributed by atoms with E-state index < -0.39 is 0 Å². The highest BCUT2D eigenvalue weighted by Gasteiger charge is 2.28. The molecule has 0 unspecified atom stereocenters. The SMILES string of the molecule is CN(C1CNC1)[C@@H](C#N)c1cccs1. The molecular weight excluding hydrogens is 194 g/mol. The van der Waals surface area contributed by atoms with E-state index in [1.165, 1.54) is 0 Å². The molecule has 1 aliphatic rings. The lowest BCUT2D eigenvalue weighted by molar-refractivity contribution is 0.155. The van der Waals surface area contributed by atoms with Crippen molar-refractivity contribution < 1.29 is 0 Å². The van der Waals surface area contributed by atoms with Gasteiger partial charge in [0.1, 0.15) is 6.04 Å². The zero-order valence-electron chi connectivity index (χ0n) is 8.10. The lowest BCUT2D eigenvalue weighted by atomic mass is 10.1. The van der Waals surface area contributed by atoms with E-state index in [1.54, 1.807) is 11.3 Å². The van der Waals surface area contributed by atoms with Crippen molar-refractivity contribution in [2.45, 2.75) is 12.1 Å². The number of nitrogens with zero attached hydrogens (tertiary/aromatic N) is 2. The van der Waals surface area contributed by atoms with Crippen molar-refractivity contribution in [3.05, 3.63) is 22.4 Å². The molecule has 0 amide bonds. The van der Waals surface area contributed by atoms with Gasteiger partial charge in [0, 0.05) is 24.0 Å². The summed E-state index contributed by atoms with van der Waals surface area (Å²) in [7, 11) is 2.03. The van der Waals surface area contributed by atoms with Gasteiger partial charge in [-0.15, -0.1) is 11.3 Å². The molecule has 1 aromatic heterocycles. The molecule has 0 aromatic carbocycles. The van der Waals surface area contributed by atoms with Gasteiger partial charge in [0.05, 0.1) is 6.07 Å². The Hall–Kier alpha value is -0.890. The third-order valence-corrected chi connectivity index (χ3v) is 3.60. The Balaban J connectivity index is 2.09. The van der Waals surface area contributed by atoms with E-state index in [1.807, 2.05) is 24.6 Å². The first-order chi connectivity index (χ1) is 6.83. The normalized spacial score (nSPS) is 18.9. The zero-order valence-corrected chi connectivity index (χ0v) is 8.92. The molecule has 1 atom stereocenters. The minimum Gasteiger partial charge on any atom is -0.314 e. The summed E-state index contributed by atoms with van der Waals surface area (Å²) >= 11 is 1.65. The van der Waals surface area contributed by atoms with Crippen molar-refractivity contribution in [3.8, 4) is 6.07 Å².